The number of unbranched alkanes of at least 4 members (excludes halogenated alkanes) is 1. The number of hydrogen-bond acceptors (Lipinski definition) is 7. The molecule has 1 aromatic heterocycles. The van der Waals surface area contributed by atoms with Crippen molar-refractivity contribution in [3.05, 3.63) is 105 Å². The van der Waals surface area contributed by atoms with Gasteiger partial charge in [0, 0.05) is 42.6 Å². The molecule has 1 aliphatic carbocycles. The number of allylic oxidation sites excluding steroid dienone is 1. The van der Waals surface area contributed by atoms with E-state index in [9.17, 15) is 23.3 Å². The zero-order valence-electron chi connectivity index (χ0n) is 20.3. The van der Waals surface area contributed by atoms with Crippen LogP contribution in [0.1, 0.15) is 41.5 Å². The summed E-state index contributed by atoms with van der Waals surface area (Å²) in [6.45, 7) is 0. The number of methoxy groups -OCH3 is 1. The second-order valence-electron chi connectivity index (χ2n) is 8.79. The Hall–Kier alpha value is -3.89. The Morgan fingerprint density at radius 3 is 2.57 bits per heavy atom. The molecular weight excluding hydrogens is 494 g/mol. The van der Waals surface area contributed by atoms with Crippen LogP contribution in [0.2, 0.25) is 0 Å². The van der Waals surface area contributed by atoms with E-state index in [2.05, 4.69) is 21.8 Å². The smallest absolute Gasteiger partial charge is 0.305 e. The highest BCUT2D eigenvalue weighted by molar-refractivity contribution is 7.89. The predicted molar refractivity (Wildman–Crippen MR) is 138 cm³/mol. The molecule has 10 heteroatoms. The fourth-order valence-electron chi connectivity index (χ4n) is 4.42. The van der Waals surface area contributed by atoms with E-state index in [0.29, 0.717) is 32.1 Å². The lowest BCUT2D eigenvalue weighted by Gasteiger charge is -2.12. The maximum Gasteiger partial charge on any atom is 0.305 e. The van der Waals surface area contributed by atoms with E-state index in [1.54, 1.807) is 12.4 Å². The van der Waals surface area contributed by atoms with Crippen LogP contribution in [0.4, 0.5) is 5.69 Å². The van der Waals surface area contributed by atoms with Gasteiger partial charge in [-0.05, 0) is 66.1 Å². The van der Waals surface area contributed by atoms with Gasteiger partial charge in [0.15, 0.2) is 0 Å². The predicted octanol–water partition coefficient (Wildman–Crippen LogP) is 4.21. The molecule has 0 saturated heterocycles. The summed E-state index contributed by atoms with van der Waals surface area (Å²) in [7, 11) is -2.45. The number of hydrogen-bond donors (Lipinski definition) is 1. The Bertz CT molecular complexity index is 1420. The molecule has 192 valence electrons. The largest absolute Gasteiger partial charge is 0.469 e. The highest BCUT2D eigenvalue weighted by atomic mass is 32.2. The van der Waals surface area contributed by atoms with E-state index in [1.165, 1.54) is 31.4 Å². The number of nitro groups is 1. The first-order valence-electron chi connectivity index (χ1n) is 11.8. The lowest BCUT2D eigenvalue weighted by molar-refractivity contribution is -0.384. The van der Waals surface area contributed by atoms with E-state index in [0.717, 1.165) is 27.8 Å². The van der Waals surface area contributed by atoms with E-state index < -0.39 is 14.9 Å². The molecule has 1 atom stereocenters. The maximum absolute atomic E-state index is 12.9. The van der Waals surface area contributed by atoms with Crippen molar-refractivity contribution >= 4 is 27.3 Å². The summed E-state index contributed by atoms with van der Waals surface area (Å²) >= 11 is 0. The Kier molecular flexibility index (Phi) is 8.10. The van der Waals surface area contributed by atoms with Crippen LogP contribution in [-0.2, 0) is 32.4 Å². The summed E-state index contributed by atoms with van der Waals surface area (Å²) in [5, 5.41) is 10.9. The molecule has 0 bridgehead atoms. The number of pyridine rings is 1. The van der Waals surface area contributed by atoms with E-state index in [4.69, 9.17) is 4.74 Å². The Morgan fingerprint density at radius 2 is 1.89 bits per heavy atom. The lowest BCUT2D eigenvalue weighted by atomic mass is 9.95. The van der Waals surface area contributed by atoms with Crippen LogP contribution in [-0.4, -0.2) is 37.4 Å². The first-order valence-corrected chi connectivity index (χ1v) is 13.3. The van der Waals surface area contributed by atoms with Crippen LogP contribution in [0.3, 0.4) is 0 Å². The van der Waals surface area contributed by atoms with Gasteiger partial charge in [0.1, 0.15) is 0 Å². The fourth-order valence-corrected chi connectivity index (χ4v) is 5.66. The Balaban J connectivity index is 1.51. The molecule has 1 heterocycles. The molecule has 4 rings (SSSR count). The maximum atomic E-state index is 12.9. The monoisotopic (exact) mass is 521 g/mol. The van der Waals surface area contributed by atoms with Crippen molar-refractivity contribution in [1.29, 1.82) is 0 Å². The van der Waals surface area contributed by atoms with Crippen molar-refractivity contribution in [1.82, 2.24) is 9.71 Å². The van der Waals surface area contributed by atoms with Gasteiger partial charge < -0.3 is 4.74 Å². The first-order chi connectivity index (χ1) is 17.8. The summed E-state index contributed by atoms with van der Waals surface area (Å²) in [6, 6.07) is 14.5. The third-order valence-electron chi connectivity index (χ3n) is 6.26. The minimum atomic E-state index is -3.83. The van der Waals surface area contributed by atoms with Gasteiger partial charge in [-0.1, -0.05) is 30.3 Å². The Labute approximate surface area is 215 Å². The van der Waals surface area contributed by atoms with Crippen molar-refractivity contribution in [3.8, 4) is 0 Å². The first kappa shape index (κ1) is 26.2. The topological polar surface area (TPSA) is 128 Å². The highest BCUT2D eigenvalue weighted by Gasteiger charge is 2.27. The number of nitrogens with one attached hydrogen (secondary N) is 1. The number of nitrogens with zero attached hydrogens (tertiary/aromatic N) is 2. The second-order valence-corrected chi connectivity index (χ2v) is 10.5. The molecule has 0 spiro atoms. The van der Waals surface area contributed by atoms with E-state index >= 15 is 0 Å². The number of esters is 1. The van der Waals surface area contributed by atoms with Gasteiger partial charge in [0.2, 0.25) is 10.0 Å². The summed E-state index contributed by atoms with van der Waals surface area (Å²) in [5.74, 6) is -0.240. The van der Waals surface area contributed by atoms with Gasteiger partial charge >= 0.3 is 5.97 Å². The third-order valence-corrected chi connectivity index (χ3v) is 7.80. The van der Waals surface area contributed by atoms with Crippen molar-refractivity contribution in [3.63, 3.8) is 0 Å². The van der Waals surface area contributed by atoms with E-state index in [-0.39, 0.29) is 22.6 Å². The molecule has 1 N–H and O–H groups in total. The van der Waals surface area contributed by atoms with Gasteiger partial charge in [-0.15, -0.1) is 0 Å². The minimum absolute atomic E-state index is 0.0107. The number of aromatic nitrogens is 1. The number of benzene rings is 2. The van der Waals surface area contributed by atoms with Crippen molar-refractivity contribution < 1.29 is 22.9 Å². The number of rotatable bonds is 10. The summed E-state index contributed by atoms with van der Waals surface area (Å²) in [5.41, 5.74) is 4.89. The molecule has 2 aromatic carbocycles. The SMILES string of the molecule is COC(=O)CCC/C=C(\c1cccnc1)c1ccc2c(c1)CC(NS(=O)(=O)c1ccc([N+](=O)[O-])cc1)C2. The number of ether oxygens (including phenoxy) is 1. The van der Waals surface area contributed by atoms with Crippen LogP contribution in [0.5, 0.6) is 0 Å². The zero-order valence-corrected chi connectivity index (χ0v) is 21.1. The molecule has 1 unspecified atom stereocenters. The van der Waals surface area contributed by atoms with Gasteiger partial charge in [0.25, 0.3) is 5.69 Å². The molecule has 0 aliphatic heterocycles. The minimum Gasteiger partial charge on any atom is -0.469 e. The molecule has 1 aliphatic rings. The lowest BCUT2D eigenvalue weighted by Crippen LogP contribution is -2.35. The number of carbonyl (C=O) groups excluding carboxylic acids is 1. The molecule has 0 amide bonds. The molecule has 0 fully saturated rings. The quantitative estimate of drug-likeness (QED) is 0.183. The van der Waals surface area contributed by atoms with Crippen molar-refractivity contribution in [2.24, 2.45) is 0 Å². The fraction of sp³-hybridized carbons (Fsp3) is 0.259. The molecule has 3 aromatic rings. The molecule has 0 radical (unpaired) electrons. The third kappa shape index (κ3) is 6.46. The summed E-state index contributed by atoms with van der Waals surface area (Å²) in [6.07, 6.45) is 8.36. The van der Waals surface area contributed by atoms with Gasteiger partial charge in [0.05, 0.1) is 16.9 Å². The van der Waals surface area contributed by atoms with Gasteiger partial charge in [-0.25, -0.2) is 13.1 Å². The highest BCUT2D eigenvalue weighted by Crippen LogP contribution is 2.30. The van der Waals surface area contributed by atoms with Gasteiger partial charge in [-0.2, -0.15) is 0 Å². The average Bonchev–Trinajstić information content (AvgIpc) is 3.29. The standard InChI is InChI=1S/C27H27N3O6S/c1-36-27(31)7-3-2-6-26(21-5-4-14-28-18-21)20-9-8-19-16-23(17-22(19)15-20)29-37(34,35)25-12-10-24(11-13-25)30(32)33/h4-6,8-15,18,23,29H,2-3,7,16-17H2,1H3/b26-6-. The van der Waals surface area contributed by atoms with Gasteiger partial charge in [-0.3, -0.25) is 19.9 Å². The van der Waals surface area contributed by atoms with E-state index in [1.807, 2.05) is 24.3 Å². The molecular formula is C27H27N3O6S. The van der Waals surface area contributed by atoms with Crippen molar-refractivity contribution in [2.75, 3.05) is 7.11 Å². The van der Waals surface area contributed by atoms with Crippen LogP contribution in [0.15, 0.2) is 78.0 Å². The van der Waals surface area contributed by atoms with Crippen molar-refractivity contribution in [2.45, 2.75) is 43.0 Å². The molecule has 37 heavy (non-hydrogen) atoms. The zero-order chi connectivity index (χ0) is 26.4. The van der Waals surface area contributed by atoms with Crippen LogP contribution >= 0.6 is 0 Å². The number of non-ortho nitro benzene ring substituents is 1. The van der Waals surface area contributed by atoms with Crippen LogP contribution < -0.4 is 4.72 Å². The molecule has 0 saturated carbocycles. The Morgan fingerprint density at radius 1 is 1.14 bits per heavy atom. The summed E-state index contributed by atoms with van der Waals surface area (Å²) in [4.78, 5) is 26.0. The normalized spacial score (nSPS) is 15.3. The second kappa shape index (κ2) is 11.4. The number of sulfonamides is 1. The number of fused-ring (bicyclic) bond motifs is 1. The molecule has 9 nitrogen and oxygen atoms in total. The number of carbonyl (C=O) groups is 1. The van der Waals surface area contributed by atoms with Crippen LogP contribution in [0.25, 0.3) is 5.57 Å². The number of nitro benzene ring substituents is 1. The van der Waals surface area contributed by atoms with Crippen LogP contribution in [0, 0.1) is 10.1 Å². The average molecular weight is 522 g/mol. The summed E-state index contributed by atoms with van der Waals surface area (Å²) < 4.78 is 33.2.